The number of hydrogen-bond donors (Lipinski definition) is 2. The average molecular weight is 499 g/mol. The predicted octanol–water partition coefficient (Wildman–Crippen LogP) is 2.91. The van der Waals surface area contributed by atoms with Crippen molar-refractivity contribution in [2.24, 2.45) is 5.92 Å². The fourth-order valence-electron chi connectivity index (χ4n) is 4.43. The van der Waals surface area contributed by atoms with Crippen molar-refractivity contribution in [3.8, 4) is 0 Å². The molecule has 0 bridgehead atoms. The summed E-state index contributed by atoms with van der Waals surface area (Å²) in [5.74, 6) is -0.231. The van der Waals surface area contributed by atoms with E-state index in [-0.39, 0.29) is 22.6 Å². The molecule has 2 amide bonds. The first-order valence-corrected chi connectivity index (χ1v) is 13.5. The van der Waals surface area contributed by atoms with Crippen molar-refractivity contribution < 1.29 is 22.7 Å². The van der Waals surface area contributed by atoms with Crippen LogP contribution in [0, 0.1) is 5.92 Å². The smallest absolute Gasteiger partial charge is 0.255 e. The summed E-state index contributed by atoms with van der Waals surface area (Å²) in [6.07, 6.45) is 3.95. The number of hydrogen-bond acceptors (Lipinski definition) is 6. The van der Waals surface area contributed by atoms with E-state index in [1.807, 2.05) is 0 Å². The first-order valence-electron chi connectivity index (χ1n) is 12.1. The molecule has 2 aromatic rings. The number of morpholine rings is 1. The van der Waals surface area contributed by atoms with Crippen molar-refractivity contribution in [1.82, 2.24) is 4.31 Å². The van der Waals surface area contributed by atoms with Gasteiger partial charge in [0.1, 0.15) is 0 Å². The van der Waals surface area contributed by atoms with Gasteiger partial charge >= 0.3 is 0 Å². The molecule has 35 heavy (non-hydrogen) atoms. The Morgan fingerprint density at radius 2 is 1.57 bits per heavy atom. The molecular weight excluding hydrogens is 468 g/mol. The van der Waals surface area contributed by atoms with Crippen LogP contribution in [0.25, 0.3) is 0 Å². The lowest BCUT2D eigenvalue weighted by molar-refractivity contribution is -0.117. The van der Waals surface area contributed by atoms with E-state index in [0.29, 0.717) is 43.2 Å². The highest BCUT2D eigenvalue weighted by Gasteiger charge is 2.30. The zero-order valence-electron chi connectivity index (χ0n) is 19.5. The molecule has 0 spiro atoms. The number of anilines is 3. The molecular formula is C25H30N4O5S. The predicted molar refractivity (Wildman–Crippen MR) is 133 cm³/mol. The molecule has 0 aromatic heterocycles. The largest absolute Gasteiger partial charge is 0.379 e. The van der Waals surface area contributed by atoms with Gasteiger partial charge in [0.2, 0.25) is 15.9 Å². The lowest BCUT2D eigenvalue weighted by Gasteiger charge is -2.27. The van der Waals surface area contributed by atoms with E-state index in [0.717, 1.165) is 44.5 Å². The molecule has 10 heteroatoms. The van der Waals surface area contributed by atoms with E-state index in [4.69, 9.17) is 4.74 Å². The number of amides is 2. The van der Waals surface area contributed by atoms with E-state index in [2.05, 4.69) is 15.5 Å². The molecule has 3 fully saturated rings. The van der Waals surface area contributed by atoms with Gasteiger partial charge in [-0.1, -0.05) is 0 Å². The fraction of sp³-hybridized carbons (Fsp3) is 0.440. The number of benzene rings is 2. The third-order valence-electron chi connectivity index (χ3n) is 6.63. The minimum atomic E-state index is -3.70. The summed E-state index contributed by atoms with van der Waals surface area (Å²) in [4.78, 5) is 27.4. The van der Waals surface area contributed by atoms with Crippen LogP contribution in [0.1, 0.15) is 36.0 Å². The van der Waals surface area contributed by atoms with Crippen LogP contribution in [-0.4, -0.2) is 63.9 Å². The minimum absolute atomic E-state index is 0.00995. The molecule has 0 radical (unpaired) electrons. The number of rotatable bonds is 7. The monoisotopic (exact) mass is 498 g/mol. The second-order valence-corrected chi connectivity index (χ2v) is 11.1. The molecule has 2 aromatic carbocycles. The molecule has 2 saturated heterocycles. The summed E-state index contributed by atoms with van der Waals surface area (Å²) in [5.41, 5.74) is 2.35. The maximum Gasteiger partial charge on any atom is 0.255 e. The lowest BCUT2D eigenvalue weighted by Crippen LogP contribution is -2.40. The van der Waals surface area contributed by atoms with Gasteiger partial charge in [0.25, 0.3) is 5.91 Å². The topological polar surface area (TPSA) is 108 Å². The average Bonchev–Trinajstić information content (AvgIpc) is 3.59. The van der Waals surface area contributed by atoms with Gasteiger partial charge in [0, 0.05) is 43.3 Å². The Balaban J connectivity index is 1.38. The Kier molecular flexibility index (Phi) is 6.77. The van der Waals surface area contributed by atoms with Gasteiger partial charge in [-0.15, -0.1) is 0 Å². The van der Waals surface area contributed by atoms with Crippen LogP contribution in [0.15, 0.2) is 47.4 Å². The Morgan fingerprint density at radius 3 is 2.23 bits per heavy atom. The fourth-order valence-corrected chi connectivity index (χ4v) is 5.87. The van der Waals surface area contributed by atoms with E-state index >= 15 is 0 Å². The molecule has 9 nitrogen and oxygen atoms in total. The van der Waals surface area contributed by atoms with Crippen LogP contribution in [0.3, 0.4) is 0 Å². The van der Waals surface area contributed by atoms with E-state index in [9.17, 15) is 18.0 Å². The molecule has 186 valence electrons. The number of sulfonamides is 1. The third kappa shape index (κ3) is 5.34. The molecule has 2 aliphatic heterocycles. The molecule has 1 saturated carbocycles. The second-order valence-electron chi connectivity index (χ2n) is 9.18. The summed E-state index contributed by atoms with van der Waals surface area (Å²) >= 11 is 0. The highest BCUT2D eigenvalue weighted by molar-refractivity contribution is 7.89. The standard InChI is InChI=1S/C25H30N4O5S/c30-24(18-3-4-18)26-20-7-5-19(6-8-20)25(31)27-22-17-21(9-10-23(22)28-11-1-2-12-28)35(32,33)29-13-15-34-16-14-29/h5-10,17-18H,1-4,11-16H2,(H,26,30)(H,27,31). The molecule has 2 heterocycles. The number of nitrogens with zero attached hydrogens (tertiary/aromatic N) is 2. The molecule has 0 atom stereocenters. The van der Waals surface area contributed by atoms with Crippen LogP contribution in [0.5, 0.6) is 0 Å². The van der Waals surface area contributed by atoms with E-state index in [1.165, 1.54) is 4.31 Å². The highest BCUT2D eigenvalue weighted by atomic mass is 32.2. The zero-order chi connectivity index (χ0) is 24.4. The zero-order valence-corrected chi connectivity index (χ0v) is 20.4. The first-order chi connectivity index (χ1) is 16.9. The second kappa shape index (κ2) is 9.96. The van der Waals surface area contributed by atoms with E-state index in [1.54, 1.807) is 42.5 Å². The number of nitrogens with one attached hydrogen (secondary N) is 2. The quantitative estimate of drug-likeness (QED) is 0.608. The maximum absolute atomic E-state index is 13.2. The first kappa shape index (κ1) is 23.8. The van der Waals surface area contributed by atoms with E-state index < -0.39 is 10.0 Å². The molecule has 5 rings (SSSR count). The van der Waals surface area contributed by atoms with Crippen LogP contribution in [0.4, 0.5) is 17.1 Å². The van der Waals surface area contributed by atoms with Crippen molar-refractivity contribution in [2.45, 2.75) is 30.6 Å². The molecule has 2 N–H and O–H groups in total. The van der Waals surface area contributed by atoms with Gasteiger partial charge in [0.15, 0.2) is 0 Å². The number of carbonyl (C=O) groups excluding carboxylic acids is 2. The van der Waals surface area contributed by atoms with Crippen LogP contribution >= 0.6 is 0 Å². The normalized spacial score (nSPS) is 18.9. The van der Waals surface area contributed by atoms with Gasteiger partial charge in [-0.25, -0.2) is 8.42 Å². The Labute approximate surface area is 205 Å². The van der Waals surface area contributed by atoms with Gasteiger partial charge in [-0.2, -0.15) is 4.31 Å². The van der Waals surface area contributed by atoms with Crippen molar-refractivity contribution >= 4 is 38.9 Å². The van der Waals surface area contributed by atoms with Gasteiger partial charge in [0.05, 0.1) is 29.5 Å². The van der Waals surface area contributed by atoms with Gasteiger partial charge < -0.3 is 20.3 Å². The summed E-state index contributed by atoms with van der Waals surface area (Å²) in [6.45, 7) is 3.06. The summed E-state index contributed by atoms with van der Waals surface area (Å²) in [5, 5.41) is 5.80. The van der Waals surface area contributed by atoms with Crippen molar-refractivity contribution in [2.75, 3.05) is 54.9 Å². The third-order valence-corrected chi connectivity index (χ3v) is 8.53. The summed E-state index contributed by atoms with van der Waals surface area (Å²) in [7, 11) is -3.70. The van der Waals surface area contributed by atoms with Gasteiger partial charge in [-0.05, 0) is 68.1 Å². The van der Waals surface area contributed by atoms with Crippen molar-refractivity contribution in [3.63, 3.8) is 0 Å². The lowest BCUT2D eigenvalue weighted by atomic mass is 10.1. The van der Waals surface area contributed by atoms with Crippen LogP contribution < -0.4 is 15.5 Å². The van der Waals surface area contributed by atoms with Crippen LogP contribution in [0.2, 0.25) is 0 Å². The minimum Gasteiger partial charge on any atom is -0.379 e. The highest BCUT2D eigenvalue weighted by Crippen LogP contribution is 2.33. The Morgan fingerprint density at radius 1 is 0.886 bits per heavy atom. The SMILES string of the molecule is O=C(Nc1cc(S(=O)(=O)N2CCOCC2)ccc1N1CCCC1)c1ccc(NC(=O)C2CC2)cc1. The van der Waals surface area contributed by atoms with Crippen molar-refractivity contribution in [1.29, 1.82) is 0 Å². The molecule has 1 aliphatic carbocycles. The number of carbonyl (C=O) groups is 2. The Bertz CT molecular complexity index is 1200. The number of ether oxygens (including phenoxy) is 1. The summed E-state index contributed by atoms with van der Waals surface area (Å²) < 4.78 is 33.1. The van der Waals surface area contributed by atoms with Crippen LogP contribution in [-0.2, 0) is 19.6 Å². The van der Waals surface area contributed by atoms with Gasteiger partial charge in [-0.3, -0.25) is 9.59 Å². The Hall–Kier alpha value is -2.95. The molecule has 0 unspecified atom stereocenters. The maximum atomic E-state index is 13.2. The summed E-state index contributed by atoms with van der Waals surface area (Å²) in [6, 6.07) is 11.7. The van der Waals surface area contributed by atoms with Crippen molar-refractivity contribution in [3.05, 3.63) is 48.0 Å². The molecule has 3 aliphatic rings.